The molecule has 0 aromatic carbocycles. The number of ether oxygens (including phenoxy) is 1. The van der Waals surface area contributed by atoms with Crippen molar-refractivity contribution in [1.82, 2.24) is 0 Å². The van der Waals surface area contributed by atoms with Crippen LogP contribution in [0.25, 0.3) is 0 Å². The second kappa shape index (κ2) is 7.59. The van der Waals surface area contributed by atoms with E-state index in [-0.39, 0.29) is 42.1 Å². The summed E-state index contributed by atoms with van der Waals surface area (Å²) in [5.74, 6) is -1.38. The van der Waals surface area contributed by atoms with Crippen LogP contribution in [0.5, 0.6) is 0 Å². The topological polar surface area (TPSA) is 121 Å². The highest BCUT2D eigenvalue weighted by atomic mass is 16.5. The van der Waals surface area contributed by atoms with Gasteiger partial charge < -0.3 is 20.1 Å². The molecule has 182 valence electrons. The normalized spacial score (nSPS) is 42.5. The predicted molar refractivity (Wildman–Crippen MR) is 120 cm³/mol. The summed E-state index contributed by atoms with van der Waals surface area (Å²) in [5.41, 5.74) is -3.27. The Bertz CT molecular complexity index is 956. The monoisotopic (exact) mass is 460 g/mol. The van der Waals surface area contributed by atoms with Crippen LogP contribution in [0.1, 0.15) is 66.7 Å². The van der Waals surface area contributed by atoms with Crippen molar-refractivity contribution in [3.05, 3.63) is 23.5 Å². The third kappa shape index (κ3) is 3.30. The summed E-state index contributed by atoms with van der Waals surface area (Å²) in [6.45, 7) is 8.32. The highest BCUT2D eigenvalue weighted by Crippen LogP contribution is 2.68. The van der Waals surface area contributed by atoms with Gasteiger partial charge in [0.1, 0.15) is 18.0 Å². The molecule has 0 saturated heterocycles. The van der Waals surface area contributed by atoms with E-state index in [1.807, 2.05) is 13.8 Å². The van der Waals surface area contributed by atoms with Gasteiger partial charge in [0.15, 0.2) is 11.6 Å². The summed E-state index contributed by atoms with van der Waals surface area (Å²) >= 11 is 0. The van der Waals surface area contributed by atoms with Crippen LogP contribution in [-0.4, -0.2) is 51.2 Å². The number of esters is 1. The number of hydrogen-bond donors (Lipinski definition) is 3. The summed E-state index contributed by atoms with van der Waals surface area (Å²) in [6.07, 6.45) is 4.47. The van der Waals surface area contributed by atoms with Gasteiger partial charge >= 0.3 is 5.97 Å². The van der Waals surface area contributed by atoms with Gasteiger partial charge in [0.25, 0.3) is 0 Å². The number of ketones is 2. The van der Waals surface area contributed by atoms with Gasteiger partial charge in [-0.3, -0.25) is 14.4 Å². The van der Waals surface area contributed by atoms with E-state index >= 15 is 0 Å². The molecule has 0 unspecified atom stereocenters. The van der Waals surface area contributed by atoms with E-state index in [1.165, 1.54) is 6.08 Å². The maximum absolute atomic E-state index is 12.8. The van der Waals surface area contributed by atoms with Crippen LogP contribution >= 0.6 is 0 Å². The van der Waals surface area contributed by atoms with Crippen LogP contribution in [0.3, 0.4) is 0 Å². The standard InChI is InChI=1S/C26H36O7/c1-23(2,3)22(31)33-20-11-15(28)10-14-6-7-16-17-8-9-26(32,19(30)13-27)24(17,4)12-18(29)21(16)25(14,20)5/h10-11,16-18,21,27,29,32H,6-9,12-13H2,1-5H3/t16-,17-,18-,21+,24-,25+,26-/m0/s1. The van der Waals surface area contributed by atoms with E-state index in [9.17, 15) is 29.7 Å². The highest BCUT2D eigenvalue weighted by molar-refractivity contribution is 6.02. The zero-order valence-corrected chi connectivity index (χ0v) is 20.2. The minimum absolute atomic E-state index is 0.0358. The third-order valence-electron chi connectivity index (χ3n) is 9.21. The van der Waals surface area contributed by atoms with Gasteiger partial charge in [0.05, 0.1) is 16.9 Å². The van der Waals surface area contributed by atoms with Gasteiger partial charge in [-0.1, -0.05) is 12.5 Å². The molecule has 3 saturated carbocycles. The number of carbonyl (C=O) groups is 3. The van der Waals surface area contributed by atoms with E-state index in [2.05, 4.69) is 0 Å². The first-order valence-corrected chi connectivity index (χ1v) is 11.9. The van der Waals surface area contributed by atoms with E-state index in [1.54, 1.807) is 26.8 Å². The maximum Gasteiger partial charge on any atom is 0.316 e. The van der Waals surface area contributed by atoms with Gasteiger partial charge in [0, 0.05) is 17.4 Å². The van der Waals surface area contributed by atoms with E-state index in [4.69, 9.17) is 4.74 Å². The highest BCUT2D eigenvalue weighted by Gasteiger charge is 2.69. The molecule has 0 aromatic heterocycles. The number of fused-ring (bicyclic) bond motifs is 5. The Morgan fingerprint density at radius 3 is 2.45 bits per heavy atom. The van der Waals surface area contributed by atoms with Gasteiger partial charge in [-0.05, 0) is 77.7 Å². The quantitative estimate of drug-likeness (QED) is 0.553. The molecule has 0 aliphatic heterocycles. The van der Waals surface area contributed by atoms with Crippen molar-refractivity contribution in [2.45, 2.75) is 78.4 Å². The Labute approximate surface area is 194 Å². The Balaban J connectivity index is 1.76. The van der Waals surface area contributed by atoms with Crippen LogP contribution < -0.4 is 0 Å². The third-order valence-corrected chi connectivity index (χ3v) is 9.21. The summed E-state index contributed by atoms with van der Waals surface area (Å²) in [4.78, 5) is 37.8. The molecule has 7 heteroatoms. The average molecular weight is 461 g/mol. The minimum Gasteiger partial charge on any atom is -0.430 e. The van der Waals surface area contributed by atoms with Crippen LogP contribution in [0, 0.1) is 34.0 Å². The Kier molecular flexibility index (Phi) is 5.59. The van der Waals surface area contributed by atoms with Crippen molar-refractivity contribution in [1.29, 1.82) is 0 Å². The lowest BCUT2D eigenvalue weighted by Gasteiger charge is -2.60. The number of aliphatic hydroxyl groups is 3. The van der Waals surface area contributed by atoms with Gasteiger partial charge in [-0.25, -0.2) is 0 Å². The Morgan fingerprint density at radius 2 is 1.85 bits per heavy atom. The second-order valence-corrected chi connectivity index (χ2v) is 11.9. The van der Waals surface area contributed by atoms with Crippen molar-refractivity contribution < 1.29 is 34.4 Å². The van der Waals surface area contributed by atoms with Crippen molar-refractivity contribution >= 4 is 17.5 Å². The minimum atomic E-state index is -1.67. The van der Waals surface area contributed by atoms with E-state index in [0.29, 0.717) is 19.3 Å². The zero-order valence-electron chi connectivity index (χ0n) is 20.2. The largest absolute Gasteiger partial charge is 0.430 e. The molecular formula is C26H36O7. The molecule has 7 nitrogen and oxygen atoms in total. The molecule has 0 spiro atoms. The van der Waals surface area contributed by atoms with Crippen molar-refractivity contribution in [3.63, 3.8) is 0 Å². The number of aliphatic hydroxyl groups excluding tert-OH is 2. The van der Waals surface area contributed by atoms with Crippen molar-refractivity contribution in [3.8, 4) is 0 Å². The zero-order chi connectivity index (χ0) is 24.6. The SMILES string of the molecule is CC(C)(C)C(=O)OC1=CC(=O)C=C2CC[C@@H]3[C@H]([C@@H](O)C[C@@]4(C)[C@H]3CC[C@]4(O)C(=O)CO)[C@]21C. The van der Waals surface area contributed by atoms with Gasteiger partial charge in [-0.2, -0.15) is 0 Å². The molecule has 4 rings (SSSR count). The van der Waals surface area contributed by atoms with Crippen LogP contribution in [0.2, 0.25) is 0 Å². The first-order chi connectivity index (χ1) is 15.2. The summed E-state index contributed by atoms with van der Waals surface area (Å²) in [7, 11) is 0. The lowest BCUT2D eigenvalue weighted by atomic mass is 9.45. The molecule has 0 aromatic rings. The van der Waals surface area contributed by atoms with Crippen molar-refractivity contribution in [2.75, 3.05) is 6.61 Å². The van der Waals surface area contributed by atoms with E-state index < -0.39 is 46.3 Å². The molecule has 0 bridgehead atoms. The number of hydrogen-bond acceptors (Lipinski definition) is 7. The number of rotatable bonds is 3. The number of carbonyl (C=O) groups excluding carboxylic acids is 3. The maximum atomic E-state index is 12.8. The fourth-order valence-corrected chi connectivity index (χ4v) is 7.38. The first kappa shape index (κ1) is 24.3. The molecule has 0 amide bonds. The molecule has 7 atom stereocenters. The smallest absolute Gasteiger partial charge is 0.316 e. The molecule has 0 heterocycles. The van der Waals surface area contributed by atoms with E-state index in [0.717, 1.165) is 5.57 Å². The first-order valence-electron chi connectivity index (χ1n) is 11.9. The lowest BCUT2D eigenvalue weighted by molar-refractivity contribution is -0.182. The molecule has 3 N–H and O–H groups in total. The van der Waals surface area contributed by atoms with Crippen LogP contribution in [0.4, 0.5) is 0 Å². The second-order valence-electron chi connectivity index (χ2n) is 11.9. The fourth-order valence-electron chi connectivity index (χ4n) is 7.38. The molecule has 33 heavy (non-hydrogen) atoms. The van der Waals surface area contributed by atoms with Crippen LogP contribution in [0.15, 0.2) is 23.5 Å². The summed E-state index contributed by atoms with van der Waals surface area (Å²) < 4.78 is 5.84. The lowest BCUT2D eigenvalue weighted by Crippen LogP contribution is -2.62. The molecular weight excluding hydrogens is 424 g/mol. The van der Waals surface area contributed by atoms with Gasteiger partial charge in [0.2, 0.25) is 0 Å². The summed E-state index contributed by atoms with van der Waals surface area (Å²) in [5, 5.41) is 32.4. The van der Waals surface area contributed by atoms with Gasteiger partial charge in [-0.15, -0.1) is 0 Å². The molecule has 4 aliphatic rings. The Hall–Kier alpha value is -1.83. The molecule has 0 radical (unpaired) electrons. The number of Topliss-reactive ketones (excluding diaryl/α,β-unsaturated/α-hetero) is 1. The molecule has 4 aliphatic carbocycles. The number of allylic oxidation sites excluding steroid dienone is 3. The predicted octanol–water partition coefficient (Wildman–Crippen LogP) is 2.47. The Morgan fingerprint density at radius 1 is 1.18 bits per heavy atom. The van der Waals surface area contributed by atoms with Crippen molar-refractivity contribution in [2.24, 2.45) is 34.0 Å². The van der Waals surface area contributed by atoms with Crippen LogP contribution in [-0.2, 0) is 19.1 Å². The summed E-state index contributed by atoms with van der Waals surface area (Å²) in [6, 6.07) is 0. The average Bonchev–Trinajstić information content (AvgIpc) is 2.98. The fraction of sp³-hybridized carbons (Fsp3) is 0.731. The molecule has 3 fully saturated rings.